The third kappa shape index (κ3) is 3.15. The fourth-order valence-electron chi connectivity index (χ4n) is 3.08. The second-order valence-corrected chi connectivity index (χ2v) is 6.13. The van der Waals surface area contributed by atoms with Gasteiger partial charge in [0.2, 0.25) is 0 Å². The van der Waals surface area contributed by atoms with E-state index in [1.165, 1.54) is 0 Å². The molecule has 0 aliphatic carbocycles. The Hall–Kier alpha value is -2.67. The van der Waals surface area contributed by atoms with Crippen LogP contribution in [0.3, 0.4) is 0 Å². The quantitative estimate of drug-likeness (QED) is 0.770. The summed E-state index contributed by atoms with van der Waals surface area (Å²) in [5.74, 6) is 2.32. The van der Waals surface area contributed by atoms with Gasteiger partial charge in [-0.3, -0.25) is 0 Å². The van der Waals surface area contributed by atoms with Crippen LogP contribution >= 0.6 is 0 Å². The van der Waals surface area contributed by atoms with E-state index >= 15 is 0 Å². The molecule has 3 heterocycles. The molecule has 1 N–H and O–H groups in total. The number of ether oxygens (including phenoxy) is 2. The van der Waals surface area contributed by atoms with Crippen molar-refractivity contribution in [3.63, 3.8) is 0 Å². The van der Waals surface area contributed by atoms with Gasteiger partial charge in [-0.2, -0.15) is 5.10 Å². The standard InChI is InChI=1S/C18H21N5O2/c1-12-21-17(19-10-15-4-3-9-25-15)16-11-20-23(18(16)22-12)13-5-7-14(24-2)8-6-13/h5-8,11,15H,3-4,9-10H2,1-2H3,(H,19,21,22)/t15-/m0/s1. The normalized spacial score (nSPS) is 17.1. The summed E-state index contributed by atoms with van der Waals surface area (Å²) >= 11 is 0. The number of hydrogen-bond acceptors (Lipinski definition) is 6. The highest BCUT2D eigenvalue weighted by Gasteiger charge is 2.17. The highest BCUT2D eigenvalue weighted by molar-refractivity contribution is 5.87. The molecule has 25 heavy (non-hydrogen) atoms. The van der Waals surface area contributed by atoms with Crippen molar-refractivity contribution in [2.75, 3.05) is 25.6 Å². The molecule has 4 rings (SSSR count). The van der Waals surface area contributed by atoms with E-state index in [1.54, 1.807) is 13.3 Å². The zero-order chi connectivity index (χ0) is 17.2. The third-order valence-corrected chi connectivity index (χ3v) is 4.38. The van der Waals surface area contributed by atoms with Crippen LogP contribution in [0.5, 0.6) is 5.75 Å². The van der Waals surface area contributed by atoms with Crippen LogP contribution < -0.4 is 10.1 Å². The topological polar surface area (TPSA) is 74.1 Å². The van der Waals surface area contributed by atoms with Crippen molar-refractivity contribution in [3.05, 3.63) is 36.3 Å². The molecule has 2 aromatic heterocycles. The summed E-state index contributed by atoms with van der Waals surface area (Å²) < 4.78 is 12.7. The average Bonchev–Trinajstić information content (AvgIpc) is 3.29. The summed E-state index contributed by atoms with van der Waals surface area (Å²) in [5, 5.41) is 8.81. The van der Waals surface area contributed by atoms with Crippen LogP contribution in [0.15, 0.2) is 30.5 Å². The minimum absolute atomic E-state index is 0.252. The van der Waals surface area contributed by atoms with E-state index in [9.17, 15) is 0 Å². The van der Waals surface area contributed by atoms with Crippen molar-refractivity contribution in [1.82, 2.24) is 19.7 Å². The number of methoxy groups -OCH3 is 1. The van der Waals surface area contributed by atoms with E-state index in [0.717, 1.165) is 54.3 Å². The molecule has 7 heteroatoms. The Bertz CT molecular complexity index is 869. The maximum atomic E-state index is 5.67. The van der Waals surface area contributed by atoms with E-state index in [1.807, 2.05) is 35.9 Å². The van der Waals surface area contributed by atoms with E-state index < -0.39 is 0 Å². The van der Waals surface area contributed by atoms with E-state index in [0.29, 0.717) is 5.82 Å². The predicted molar refractivity (Wildman–Crippen MR) is 95.4 cm³/mol. The van der Waals surface area contributed by atoms with Crippen LogP contribution in [0.2, 0.25) is 0 Å². The Balaban J connectivity index is 1.67. The number of nitrogens with zero attached hydrogens (tertiary/aromatic N) is 4. The van der Waals surface area contributed by atoms with Gasteiger partial charge in [0.05, 0.1) is 30.5 Å². The maximum absolute atomic E-state index is 5.67. The molecule has 0 amide bonds. The highest BCUT2D eigenvalue weighted by Crippen LogP contribution is 2.24. The fourth-order valence-corrected chi connectivity index (χ4v) is 3.08. The van der Waals surface area contributed by atoms with Crippen molar-refractivity contribution in [2.45, 2.75) is 25.9 Å². The number of aromatic nitrogens is 4. The number of anilines is 1. The predicted octanol–water partition coefficient (Wildman–Crippen LogP) is 2.72. The first kappa shape index (κ1) is 15.8. The van der Waals surface area contributed by atoms with Crippen molar-refractivity contribution < 1.29 is 9.47 Å². The summed E-state index contributed by atoms with van der Waals surface area (Å²) in [6, 6.07) is 7.74. The van der Waals surface area contributed by atoms with Crippen molar-refractivity contribution in [3.8, 4) is 11.4 Å². The van der Waals surface area contributed by atoms with Gasteiger partial charge in [0, 0.05) is 13.2 Å². The van der Waals surface area contributed by atoms with Gasteiger partial charge in [-0.1, -0.05) is 0 Å². The smallest absolute Gasteiger partial charge is 0.168 e. The Morgan fingerprint density at radius 1 is 1.28 bits per heavy atom. The molecule has 130 valence electrons. The molecule has 0 spiro atoms. The number of benzene rings is 1. The lowest BCUT2D eigenvalue weighted by Gasteiger charge is -2.12. The number of rotatable bonds is 5. The van der Waals surface area contributed by atoms with Gasteiger partial charge >= 0.3 is 0 Å². The average molecular weight is 339 g/mol. The van der Waals surface area contributed by atoms with E-state index in [4.69, 9.17) is 9.47 Å². The van der Waals surface area contributed by atoms with Gasteiger partial charge in [0.1, 0.15) is 17.4 Å². The fraction of sp³-hybridized carbons (Fsp3) is 0.389. The molecule has 1 saturated heterocycles. The number of hydrogen-bond donors (Lipinski definition) is 1. The molecule has 1 aromatic carbocycles. The first-order valence-corrected chi connectivity index (χ1v) is 8.47. The summed E-state index contributed by atoms with van der Waals surface area (Å²) in [4.78, 5) is 9.13. The van der Waals surface area contributed by atoms with Gasteiger partial charge < -0.3 is 14.8 Å². The third-order valence-electron chi connectivity index (χ3n) is 4.38. The summed E-state index contributed by atoms with van der Waals surface area (Å²) in [6.07, 6.45) is 4.27. The molecule has 3 aromatic rings. The van der Waals surface area contributed by atoms with Crippen LogP contribution in [0.4, 0.5) is 5.82 Å². The number of aryl methyl sites for hydroxylation is 1. The summed E-state index contributed by atoms with van der Waals surface area (Å²) in [7, 11) is 1.65. The molecule has 0 saturated carbocycles. The highest BCUT2D eigenvalue weighted by atomic mass is 16.5. The molecule has 0 bridgehead atoms. The minimum atomic E-state index is 0.252. The lowest BCUT2D eigenvalue weighted by Crippen LogP contribution is -2.19. The molecule has 0 unspecified atom stereocenters. The summed E-state index contributed by atoms with van der Waals surface area (Å²) in [5.41, 5.74) is 1.71. The zero-order valence-corrected chi connectivity index (χ0v) is 14.4. The first-order valence-electron chi connectivity index (χ1n) is 8.47. The first-order chi connectivity index (χ1) is 12.2. The van der Waals surface area contributed by atoms with Crippen molar-refractivity contribution in [1.29, 1.82) is 0 Å². The van der Waals surface area contributed by atoms with Crippen LogP contribution in [-0.2, 0) is 4.74 Å². The van der Waals surface area contributed by atoms with Gasteiger partial charge in [-0.15, -0.1) is 0 Å². The molecule has 1 aliphatic heterocycles. The minimum Gasteiger partial charge on any atom is -0.497 e. The van der Waals surface area contributed by atoms with E-state index in [-0.39, 0.29) is 6.10 Å². The lowest BCUT2D eigenvalue weighted by molar-refractivity contribution is 0.120. The maximum Gasteiger partial charge on any atom is 0.168 e. The molecule has 1 atom stereocenters. The largest absolute Gasteiger partial charge is 0.497 e. The van der Waals surface area contributed by atoms with Crippen molar-refractivity contribution in [2.24, 2.45) is 0 Å². The number of nitrogens with one attached hydrogen (secondary N) is 1. The second-order valence-electron chi connectivity index (χ2n) is 6.13. The Morgan fingerprint density at radius 3 is 2.84 bits per heavy atom. The van der Waals surface area contributed by atoms with E-state index in [2.05, 4.69) is 20.4 Å². The zero-order valence-electron chi connectivity index (χ0n) is 14.4. The molecular weight excluding hydrogens is 318 g/mol. The van der Waals surface area contributed by atoms with Crippen LogP contribution in [0.25, 0.3) is 16.7 Å². The van der Waals surface area contributed by atoms with Gasteiger partial charge in [0.25, 0.3) is 0 Å². The molecule has 1 fully saturated rings. The Labute approximate surface area is 146 Å². The Morgan fingerprint density at radius 2 is 2.12 bits per heavy atom. The SMILES string of the molecule is COc1ccc(-n2ncc3c(NC[C@@H]4CCCO4)nc(C)nc32)cc1. The molecule has 1 aliphatic rings. The number of fused-ring (bicyclic) bond motifs is 1. The molecule has 0 radical (unpaired) electrons. The van der Waals surface area contributed by atoms with Crippen LogP contribution in [0.1, 0.15) is 18.7 Å². The monoisotopic (exact) mass is 339 g/mol. The van der Waals surface area contributed by atoms with Gasteiger partial charge in [-0.25, -0.2) is 14.6 Å². The summed E-state index contributed by atoms with van der Waals surface area (Å²) in [6.45, 7) is 3.49. The molecular formula is C18H21N5O2. The van der Waals surface area contributed by atoms with Gasteiger partial charge in [-0.05, 0) is 44.0 Å². The van der Waals surface area contributed by atoms with Crippen LogP contribution in [-0.4, -0.2) is 46.1 Å². The van der Waals surface area contributed by atoms with Gasteiger partial charge in [0.15, 0.2) is 5.65 Å². The van der Waals surface area contributed by atoms with Crippen LogP contribution in [0, 0.1) is 6.92 Å². The van der Waals surface area contributed by atoms with Crippen molar-refractivity contribution >= 4 is 16.9 Å². The lowest BCUT2D eigenvalue weighted by atomic mass is 10.2. The molecule has 7 nitrogen and oxygen atoms in total. The second kappa shape index (κ2) is 6.68. The Kier molecular flexibility index (Phi) is 4.23.